The number of allylic oxidation sites excluding steroid dienone is 5. The Morgan fingerprint density at radius 2 is 1.46 bits per heavy atom. The van der Waals surface area contributed by atoms with Gasteiger partial charge >= 0.3 is 0 Å². The summed E-state index contributed by atoms with van der Waals surface area (Å²) < 4.78 is 0. The highest BCUT2D eigenvalue weighted by Crippen LogP contribution is 2.40. The van der Waals surface area contributed by atoms with Crippen LogP contribution in [0, 0.1) is 17.3 Å². The maximum absolute atomic E-state index is 4.48. The van der Waals surface area contributed by atoms with E-state index in [0.717, 1.165) is 11.6 Å². The Kier molecular flexibility index (Phi) is 35.3. The van der Waals surface area contributed by atoms with Crippen molar-refractivity contribution in [1.29, 1.82) is 0 Å². The molecule has 0 bridgehead atoms. The highest BCUT2D eigenvalue weighted by molar-refractivity contribution is 6.67. The predicted octanol–water partition coefficient (Wildman–Crippen LogP) is 12.6. The van der Waals surface area contributed by atoms with Crippen molar-refractivity contribution in [3.05, 3.63) is 54.9 Å². The Morgan fingerprint density at radius 3 is 1.84 bits per heavy atom. The molecule has 1 unspecified atom stereocenters. The number of hydrogen-bond acceptors (Lipinski definition) is 1. The molecule has 2 rings (SSSR count). The average Bonchev–Trinajstić information content (AvgIpc) is 3.39. The van der Waals surface area contributed by atoms with Crippen molar-refractivity contribution in [1.82, 2.24) is 0 Å². The molecular weight excluding hydrogens is 445 g/mol. The molecule has 2 heteroatoms. The van der Waals surface area contributed by atoms with Crippen molar-refractivity contribution in [2.75, 3.05) is 0 Å². The van der Waals surface area contributed by atoms with Crippen molar-refractivity contribution < 1.29 is 0 Å². The molecule has 0 amide bonds. The molecule has 216 valence electrons. The monoisotopic (exact) mass is 514 g/mol. The van der Waals surface area contributed by atoms with E-state index in [1.807, 2.05) is 73.8 Å². The van der Waals surface area contributed by atoms with E-state index in [0.29, 0.717) is 18.0 Å². The summed E-state index contributed by atoms with van der Waals surface area (Å²) in [6, 6.07) is 0. The van der Waals surface area contributed by atoms with E-state index in [9.17, 15) is 0 Å². The van der Waals surface area contributed by atoms with Gasteiger partial charge in [-0.1, -0.05) is 145 Å². The van der Waals surface area contributed by atoms with E-state index in [1.165, 1.54) is 69.5 Å². The van der Waals surface area contributed by atoms with Gasteiger partial charge in [0.2, 0.25) is 0 Å². The molecule has 1 aliphatic heterocycles. The van der Waals surface area contributed by atoms with Crippen LogP contribution in [0.5, 0.6) is 0 Å². The second-order valence-electron chi connectivity index (χ2n) is 10.2. The van der Waals surface area contributed by atoms with Crippen LogP contribution in [-0.4, -0.2) is 12.9 Å². The van der Waals surface area contributed by atoms with Gasteiger partial charge in [-0.05, 0) is 56.4 Å². The maximum Gasteiger partial charge on any atom is 0.181 e. The smallest absolute Gasteiger partial charge is 0.181 e. The number of hydrogen-bond donors (Lipinski definition) is 0. The highest BCUT2D eigenvalue weighted by Gasteiger charge is 2.34. The molecule has 0 aromatic heterocycles. The van der Waals surface area contributed by atoms with E-state index in [-0.39, 0.29) is 0 Å². The maximum atomic E-state index is 4.48. The lowest BCUT2D eigenvalue weighted by molar-refractivity contribution is 0.373. The first kappa shape index (κ1) is 42.6. The van der Waals surface area contributed by atoms with Gasteiger partial charge in [0.15, 0.2) is 6.71 Å². The lowest BCUT2D eigenvalue weighted by atomic mass is 9.40. The molecule has 1 heterocycles. The Balaban J connectivity index is -0.000000284. The summed E-state index contributed by atoms with van der Waals surface area (Å²) in [5.41, 5.74) is 6.42. The largest absolute Gasteiger partial charge is 0.262 e. The Labute approximate surface area is 236 Å². The van der Waals surface area contributed by atoms with Crippen molar-refractivity contribution in [3.8, 4) is 0 Å². The first-order valence-corrected chi connectivity index (χ1v) is 15.5. The lowest BCUT2D eigenvalue weighted by Gasteiger charge is -2.25. The summed E-state index contributed by atoms with van der Waals surface area (Å²) in [7, 11) is 0. The second-order valence-corrected chi connectivity index (χ2v) is 10.2. The summed E-state index contributed by atoms with van der Waals surface area (Å²) in [4.78, 5) is 4.48. The first-order chi connectivity index (χ1) is 17.7. The van der Waals surface area contributed by atoms with Crippen LogP contribution >= 0.6 is 0 Å². The normalized spacial score (nSPS) is 16.6. The SMILES string of the molecule is C=C=C(B1CCC(C(=C)N=C/C=C\C)C1)C1CCCCC1.C=CC.CC.CC.CC.CCCC(C)(C)C. The van der Waals surface area contributed by atoms with Crippen molar-refractivity contribution in [3.63, 3.8) is 0 Å². The summed E-state index contributed by atoms with van der Waals surface area (Å²) in [6.45, 7) is 37.1. The molecule has 37 heavy (non-hydrogen) atoms. The quantitative estimate of drug-likeness (QED) is 0.145. The summed E-state index contributed by atoms with van der Waals surface area (Å²) in [5.74, 6) is 1.29. The van der Waals surface area contributed by atoms with E-state index in [2.05, 4.69) is 58.2 Å². The van der Waals surface area contributed by atoms with Gasteiger partial charge in [-0.25, -0.2) is 0 Å². The van der Waals surface area contributed by atoms with Crippen LogP contribution in [0.15, 0.2) is 59.9 Å². The average molecular weight is 514 g/mol. The van der Waals surface area contributed by atoms with Crippen molar-refractivity contribution >= 4 is 12.9 Å². The second kappa shape index (κ2) is 30.7. The molecule has 2 fully saturated rings. The minimum Gasteiger partial charge on any atom is -0.262 e. The Morgan fingerprint density at radius 1 is 0.946 bits per heavy atom. The molecule has 0 aromatic rings. The number of rotatable bonds is 6. The van der Waals surface area contributed by atoms with Crippen LogP contribution in [0.2, 0.25) is 12.6 Å². The van der Waals surface area contributed by atoms with Crippen LogP contribution in [-0.2, 0) is 0 Å². The van der Waals surface area contributed by atoms with E-state index >= 15 is 0 Å². The van der Waals surface area contributed by atoms with Crippen LogP contribution in [0.1, 0.15) is 134 Å². The van der Waals surface area contributed by atoms with Crippen LogP contribution < -0.4 is 0 Å². The first-order valence-electron chi connectivity index (χ1n) is 15.5. The molecule has 2 aliphatic rings. The third-order valence-electron chi connectivity index (χ3n) is 6.11. The summed E-state index contributed by atoms with van der Waals surface area (Å²) >= 11 is 0. The van der Waals surface area contributed by atoms with Gasteiger partial charge in [0.25, 0.3) is 0 Å². The molecular formula is C35H68BN. The third-order valence-corrected chi connectivity index (χ3v) is 6.11. The number of nitrogens with zero attached hydrogens (tertiary/aromatic N) is 1. The number of aliphatic imine (C=N–C) groups is 1. The molecule has 0 spiro atoms. The van der Waals surface area contributed by atoms with Crippen LogP contribution in [0.3, 0.4) is 0 Å². The lowest BCUT2D eigenvalue weighted by Crippen LogP contribution is -2.21. The predicted molar refractivity (Wildman–Crippen MR) is 179 cm³/mol. The zero-order valence-corrected chi connectivity index (χ0v) is 27.7. The molecule has 0 aromatic carbocycles. The minimum absolute atomic E-state index is 0.545. The van der Waals surface area contributed by atoms with Gasteiger partial charge < -0.3 is 0 Å². The summed E-state index contributed by atoms with van der Waals surface area (Å²) in [6.07, 6.45) is 20.8. The van der Waals surface area contributed by atoms with Crippen molar-refractivity contribution in [2.45, 2.75) is 147 Å². The Bertz CT molecular complexity index is 608. The zero-order chi connectivity index (χ0) is 29.7. The van der Waals surface area contributed by atoms with E-state index in [4.69, 9.17) is 0 Å². The molecule has 1 saturated heterocycles. The minimum atomic E-state index is 0.545. The van der Waals surface area contributed by atoms with Crippen LogP contribution in [0.25, 0.3) is 0 Å². The third kappa shape index (κ3) is 24.6. The molecule has 1 aliphatic carbocycles. The van der Waals surface area contributed by atoms with Crippen LogP contribution in [0.4, 0.5) is 0 Å². The van der Waals surface area contributed by atoms with E-state index < -0.39 is 0 Å². The van der Waals surface area contributed by atoms with Gasteiger partial charge in [-0.15, -0.1) is 12.3 Å². The fourth-order valence-electron chi connectivity index (χ4n) is 4.68. The standard InChI is InChI=1S/C19H28BN.C7H16.C3H6.3C2H6/c1-4-6-14-21-16(3)18-12-13-20(15-18)19(5-2)17-10-8-7-9-11-17;1-5-6-7(2,3)4;1-3-2;3*1-2/h4,6,14,17-18H,2-3,7-13,15H2,1H3;5-6H2,1-4H3;3H,1H2,2H3;3*1-2H3/b6-4-,21-14?;;;;;. The molecule has 0 radical (unpaired) electrons. The van der Waals surface area contributed by atoms with E-state index in [1.54, 1.807) is 6.08 Å². The zero-order valence-electron chi connectivity index (χ0n) is 27.7. The van der Waals surface area contributed by atoms with Gasteiger partial charge in [0.05, 0.1) is 0 Å². The van der Waals surface area contributed by atoms with Gasteiger partial charge in [-0.3, -0.25) is 4.99 Å². The molecule has 0 N–H and O–H groups in total. The van der Waals surface area contributed by atoms with Gasteiger partial charge in [0, 0.05) is 11.9 Å². The van der Waals surface area contributed by atoms with Crippen molar-refractivity contribution in [2.24, 2.45) is 22.2 Å². The fourth-order valence-corrected chi connectivity index (χ4v) is 4.68. The topological polar surface area (TPSA) is 12.4 Å². The molecule has 1 nitrogen and oxygen atoms in total. The molecule has 1 saturated carbocycles. The summed E-state index contributed by atoms with van der Waals surface area (Å²) in [5, 5.41) is 0. The highest BCUT2D eigenvalue weighted by atomic mass is 14.7. The fraction of sp³-hybridized carbons (Fsp3) is 0.714. The molecule has 1 atom stereocenters. The van der Waals surface area contributed by atoms with Gasteiger partial charge in [0.1, 0.15) is 0 Å². The Hall–Kier alpha value is -1.53. The van der Waals surface area contributed by atoms with Gasteiger partial charge in [-0.2, -0.15) is 0 Å².